The van der Waals surface area contributed by atoms with Gasteiger partial charge in [0.05, 0.1) is 13.0 Å². The van der Waals surface area contributed by atoms with E-state index in [0.29, 0.717) is 17.7 Å². The first-order chi connectivity index (χ1) is 12.4. The van der Waals surface area contributed by atoms with Crippen molar-refractivity contribution in [2.24, 2.45) is 0 Å². The molecule has 2 aromatic carbocycles. The van der Waals surface area contributed by atoms with Crippen LogP contribution in [0.4, 0.5) is 5.69 Å². The molecule has 1 N–H and O–H groups in total. The van der Waals surface area contributed by atoms with Gasteiger partial charge in [0.15, 0.2) is 0 Å². The summed E-state index contributed by atoms with van der Waals surface area (Å²) in [7, 11) is 5.01. The highest BCUT2D eigenvalue weighted by molar-refractivity contribution is 5.99. The molecule has 2 rings (SSSR count). The van der Waals surface area contributed by atoms with Crippen molar-refractivity contribution in [2.75, 3.05) is 33.0 Å². The highest BCUT2D eigenvalue weighted by atomic mass is 16.2. The Balaban J connectivity index is 1.89. The maximum atomic E-state index is 12.2. The molecule has 0 saturated heterocycles. The van der Waals surface area contributed by atoms with Gasteiger partial charge in [-0.2, -0.15) is 0 Å². The summed E-state index contributed by atoms with van der Waals surface area (Å²) in [5.74, 6) is -0.477. The molecular formula is C20H23N3O3. The number of hydrogen-bond acceptors (Lipinski definition) is 3. The van der Waals surface area contributed by atoms with Crippen molar-refractivity contribution in [3.63, 3.8) is 0 Å². The van der Waals surface area contributed by atoms with E-state index in [1.807, 2.05) is 6.07 Å². The van der Waals surface area contributed by atoms with E-state index < -0.39 is 0 Å². The zero-order valence-corrected chi connectivity index (χ0v) is 15.2. The molecule has 0 saturated carbocycles. The van der Waals surface area contributed by atoms with Gasteiger partial charge in [0, 0.05) is 32.4 Å². The molecule has 0 fully saturated rings. The molecule has 136 valence electrons. The zero-order valence-electron chi connectivity index (χ0n) is 15.2. The lowest BCUT2D eigenvalue weighted by molar-refractivity contribution is -0.128. The Morgan fingerprint density at radius 1 is 0.885 bits per heavy atom. The molecule has 0 aliphatic rings. The summed E-state index contributed by atoms with van der Waals surface area (Å²) in [6.45, 7) is -0.0470. The number of hydrogen-bond donors (Lipinski definition) is 1. The standard InChI is InChI=1S/C20H23N3O3/c1-22(2)19(25)13-15-9-11-17(12-10-15)21-18(24)14-23(3)20(26)16-7-5-4-6-8-16/h4-12H,13-14H2,1-3H3,(H,21,24). The molecule has 3 amide bonds. The minimum absolute atomic E-state index is 0.0165. The molecular weight excluding hydrogens is 330 g/mol. The Labute approximate surface area is 153 Å². The molecule has 0 aliphatic carbocycles. The average molecular weight is 353 g/mol. The summed E-state index contributed by atoms with van der Waals surface area (Å²) in [6, 6.07) is 15.9. The van der Waals surface area contributed by atoms with Crippen LogP contribution in [0.25, 0.3) is 0 Å². The monoisotopic (exact) mass is 353 g/mol. The highest BCUT2D eigenvalue weighted by Gasteiger charge is 2.14. The number of carbonyl (C=O) groups is 3. The van der Waals surface area contributed by atoms with Crippen LogP contribution in [0.2, 0.25) is 0 Å². The fourth-order valence-electron chi connectivity index (χ4n) is 2.33. The topological polar surface area (TPSA) is 69.7 Å². The van der Waals surface area contributed by atoms with Crippen LogP contribution >= 0.6 is 0 Å². The van der Waals surface area contributed by atoms with Crippen molar-refractivity contribution in [3.05, 3.63) is 65.7 Å². The number of anilines is 1. The molecule has 0 radical (unpaired) electrons. The number of amides is 3. The Morgan fingerprint density at radius 2 is 1.50 bits per heavy atom. The van der Waals surface area contributed by atoms with Gasteiger partial charge in [-0.05, 0) is 29.8 Å². The molecule has 2 aromatic rings. The lowest BCUT2D eigenvalue weighted by Gasteiger charge is -2.17. The van der Waals surface area contributed by atoms with E-state index in [2.05, 4.69) is 5.32 Å². The predicted octanol–water partition coefficient (Wildman–Crippen LogP) is 2.03. The molecule has 0 unspecified atom stereocenters. The molecule has 0 heterocycles. The van der Waals surface area contributed by atoms with E-state index in [4.69, 9.17) is 0 Å². The van der Waals surface area contributed by atoms with Crippen molar-refractivity contribution < 1.29 is 14.4 Å². The summed E-state index contributed by atoms with van der Waals surface area (Å²) in [6.07, 6.45) is 0.315. The second-order valence-corrected chi connectivity index (χ2v) is 6.24. The van der Waals surface area contributed by atoms with Crippen molar-refractivity contribution >= 4 is 23.4 Å². The third-order valence-electron chi connectivity index (χ3n) is 3.84. The predicted molar refractivity (Wildman–Crippen MR) is 101 cm³/mol. The largest absolute Gasteiger partial charge is 0.349 e. The lowest BCUT2D eigenvalue weighted by Crippen LogP contribution is -2.34. The minimum Gasteiger partial charge on any atom is -0.349 e. The molecule has 0 aliphatic heterocycles. The SMILES string of the molecule is CN(C)C(=O)Cc1ccc(NC(=O)CN(C)C(=O)c2ccccc2)cc1. The van der Waals surface area contributed by atoms with Gasteiger partial charge in [0.25, 0.3) is 5.91 Å². The molecule has 0 bridgehead atoms. The van der Waals surface area contributed by atoms with Crippen LogP contribution in [0.3, 0.4) is 0 Å². The normalized spacial score (nSPS) is 10.1. The van der Waals surface area contributed by atoms with E-state index >= 15 is 0 Å². The molecule has 0 atom stereocenters. The Morgan fingerprint density at radius 3 is 2.08 bits per heavy atom. The second kappa shape index (κ2) is 8.80. The Bertz CT molecular complexity index is 771. The fourth-order valence-corrected chi connectivity index (χ4v) is 2.33. The fraction of sp³-hybridized carbons (Fsp3) is 0.250. The third kappa shape index (κ3) is 5.44. The molecule has 6 heteroatoms. The number of carbonyl (C=O) groups excluding carboxylic acids is 3. The zero-order chi connectivity index (χ0) is 19.1. The van der Waals surface area contributed by atoms with Crippen LogP contribution < -0.4 is 5.32 Å². The molecule has 0 spiro atoms. The number of nitrogens with one attached hydrogen (secondary N) is 1. The Kier molecular flexibility index (Phi) is 6.49. The van der Waals surface area contributed by atoms with Gasteiger partial charge < -0.3 is 15.1 Å². The van der Waals surface area contributed by atoms with Crippen molar-refractivity contribution in [1.29, 1.82) is 0 Å². The van der Waals surface area contributed by atoms with Crippen LogP contribution in [0.15, 0.2) is 54.6 Å². The number of benzene rings is 2. The van der Waals surface area contributed by atoms with Crippen molar-refractivity contribution in [3.8, 4) is 0 Å². The first-order valence-electron chi connectivity index (χ1n) is 8.26. The summed E-state index contributed by atoms with van der Waals surface area (Å²) in [5.41, 5.74) is 2.03. The van der Waals surface area contributed by atoms with Crippen LogP contribution in [-0.4, -0.2) is 55.2 Å². The Hall–Kier alpha value is -3.15. The van der Waals surface area contributed by atoms with E-state index in [9.17, 15) is 14.4 Å². The first kappa shape index (κ1) is 19.2. The smallest absolute Gasteiger partial charge is 0.254 e. The van der Waals surface area contributed by atoms with E-state index in [0.717, 1.165) is 5.56 Å². The molecule has 26 heavy (non-hydrogen) atoms. The minimum atomic E-state index is -0.283. The lowest BCUT2D eigenvalue weighted by atomic mass is 10.1. The number of likely N-dealkylation sites (N-methyl/N-ethyl adjacent to an activating group) is 2. The third-order valence-corrected chi connectivity index (χ3v) is 3.84. The summed E-state index contributed by atoms with van der Waals surface area (Å²) < 4.78 is 0. The number of rotatable bonds is 6. The maximum Gasteiger partial charge on any atom is 0.254 e. The highest BCUT2D eigenvalue weighted by Crippen LogP contribution is 2.11. The molecule has 6 nitrogen and oxygen atoms in total. The van der Waals surface area contributed by atoms with Crippen LogP contribution in [0.1, 0.15) is 15.9 Å². The van der Waals surface area contributed by atoms with Gasteiger partial charge in [-0.15, -0.1) is 0 Å². The van der Waals surface area contributed by atoms with E-state index in [-0.39, 0.29) is 24.3 Å². The van der Waals surface area contributed by atoms with Crippen LogP contribution in [0.5, 0.6) is 0 Å². The van der Waals surface area contributed by atoms with Crippen molar-refractivity contribution in [1.82, 2.24) is 9.80 Å². The van der Waals surface area contributed by atoms with Crippen LogP contribution in [0, 0.1) is 0 Å². The quantitative estimate of drug-likeness (QED) is 0.864. The van der Waals surface area contributed by atoms with Gasteiger partial charge in [0.1, 0.15) is 0 Å². The van der Waals surface area contributed by atoms with Gasteiger partial charge in [0.2, 0.25) is 11.8 Å². The van der Waals surface area contributed by atoms with Gasteiger partial charge >= 0.3 is 0 Å². The van der Waals surface area contributed by atoms with Gasteiger partial charge in [-0.3, -0.25) is 14.4 Å². The molecule has 0 aromatic heterocycles. The van der Waals surface area contributed by atoms with E-state index in [1.165, 1.54) is 9.80 Å². The summed E-state index contributed by atoms with van der Waals surface area (Å²) >= 11 is 0. The number of nitrogens with zero attached hydrogens (tertiary/aromatic N) is 2. The van der Waals surface area contributed by atoms with Gasteiger partial charge in [-0.1, -0.05) is 30.3 Å². The van der Waals surface area contributed by atoms with Crippen LogP contribution in [-0.2, 0) is 16.0 Å². The van der Waals surface area contributed by atoms with Crippen molar-refractivity contribution in [2.45, 2.75) is 6.42 Å². The van der Waals surface area contributed by atoms with Gasteiger partial charge in [-0.25, -0.2) is 0 Å². The first-order valence-corrected chi connectivity index (χ1v) is 8.26. The average Bonchev–Trinajstić information content (AvgIpc) is 2.63. The summed E-state index contributed by atoms with van der Waals surface area (Å²) in [4.78, 5) is 39.0. The maximum absolute atomic E-state index is 12.2. The second-order valence-electron chi connectivity index (χ2n) is 6.24. The van der Waals surface area contributed by atoms with E-state index in [1.54, 1.807) is 69.7 Å². The summed E-state index contributed by atoms with van der Waals surface area (Å²) in [5, 5.41) is 2.75.